The van der Waals surface area contributed by atoms with E-state index in [-0.39, 0.29) is 11.7 Å². The summed E-state index contributed by atoms with van der Waals surface area (Å²) < 4.78 is 42.7. The Labute approximate surface area is 128 Å². The smallest absolute Gasteiger partial charge is 0.334 e. The van der Waals surface area contributed by atoms with Crippen LogP contribution in [0.1, 0.15) is 15.9 Å². The average molecular weight is 318 g/mol. The fourth-order valence-electron chi connectivity index (χ4n) is 1.97. The maximum atomic E-state index is 12.5. The summed E-state index contributed by atoms with van der Waals surface area (Å²) in [7, 11) is 0. The molecule has 0 amide bonds. The molecule has 0 saturated heterocycles. The van der Waals surface area contributed by atoms with E-state index in [1.54, 1.807) is 24.3 Å². The Kier molecular flexibility index (Phi) is 3.69. The van der Waals surface area contributed by atoms with Gasteiger partial charge in [-0.15, -0.1) is 0 Å². The molecule has 23 heavy (non-hydrogen) atoms. The molecule has 1 aromatic heterocycles. The van der Waals surface area contributed by atoms with Gasteiger partial charge in [-0.05, 0) is 24.3 Å². The van der Waals surface area contributed by atoms with Gasteiger partial charge in [0.1, 0.15) is 6.29 Å². The van der Waals surface area contributed by atoms with Crippen LogP contribution in [0, 0.1) is 0 Å². The Bertz CT molecular complexity index is 822. The highest BCUT2D eigenvalue weighted by atomic mass is 19.4. The lowest BCUT2D eigenvalue weighted by Crippen LogP contribution is -2.03. The van der Waals surface area contributed by atoms with Crippen LogP contribution in [0.25, 0.3) is 22.8 Å². The van der Waals surface area contributed by atoms with Crippen molar-refractivity contribution in [3.63, 3.8) is 0 Å². The molecule has 0 spiro atoms. The number of aromatic nitrogens is 2. The number of halogens is 3. The molecular formula is C16H9F3N2O2. The zero-order chi connectivity index (χ0) is 16.4. The van der Waals surface area contributed by atoms with Gasteiger partial charge in [0.05, 0.1) is 5.56 Å². The van der Waals surface area contributed by atoms with Gasteiger partial charge in [-0.2, -0.15) is 18.2 Å². The summed E-state index contributed by atoms with van der Waals surface area (Å²) in [4.78, 5) is 14.8. The average Bonchev–Trinajstić information content (AvgIpc) is 3.04. The Morgan fingerprint density at radius 1 is 0.913 bits per heavy atom. The molecule has 3 rings (SSSR count). The van der Waals surface area contributed by atoms with E-state index in [0.29, 0.717) is 23.0 Å². The highest BCUT2D eigenvalue weighted by Crippen LogP contribution is 2.31. The molecule has 0 saturated carbocycles. The van der Waals surface area contributed by atoms with E-state index < -0.39 is 11.7 Å². The second-order valence-corrected chi connectivity index (χ2v) is 4.74. The number of hydrogen-bond donors (Lipinski definition) is 0. The molecule has 0 unspecified atom stereocenters. The van der Waals surface area contributed by atoms with Gasteiger partial charge in [0.2, 0.25) is 5.82 Å². The minimum absolute atomic E-state index is 0.119. The predicted molar refractivity (Wildman–Crippen MR) is 75.6 cm³/mol. The van der Waals surface area contributed by atoms with Crippen LogP contribution in [0.5, 0.6) is 0 Å². The molecule has 0 aliphatic heterocycles. The van der Waals surface area contributed by atoms with E-state index in [2.05, 4.69) is 10.1 Å². The summed E-state index contributed by atoms with van der Waals surface area (Å²) in [6.45, 7) is 0. The van der Waals surface area contributed by atoms with E-state index in [4.69, 9.17) is 4.52 Å². The maximum absolute atomic E-state index is 12.5. The number of benzene rings is 2. The number of nitrogens with zero attached hydrogens (tertiary/aromatic N) is 2. The molecule has 0 bridgehead atoms. The van der Waals surface area contributed by atoms with Crippen LogP contribution >= 0.6 is 0 Å². The van der Waals surface area contributed by atoms with Gasteiger partial charge >= 0.3 is 6.18 Å². The van der Waals surface area contributed by atoms with Crippen LogP contribution in [0.15, 0.2) is 53.1 Å². The minimum Gasteiger partial charge on any atom is -0.334 e. The molecule has 0 atom stereocenters. The lowest BCUT2D eigenvalue weighted by molar-refractivity contribution is -0.137. The van der Waals surface area contributed by atoms with Gasteiger partial charge in [0.15, 0.2) is 0 Å². The second-order valence-electron chi connectivity index (χ2n) is 4.74. The van der Waals surface area contributed by atoms with Gasteiger partial charge < -0.3 is 4.52 Å². The first-order valence-electron chi connectivity index (χ1n) is 6.54. The van der Waals surface area contributed by atoms with Crippen LogP contribution in [0.2, 0.25) is 0 Å². The molecule has 0 aliphatic rings. The Morgan fingerprint density at radius 3 is 2.09 bits per heavy atom. The van der Waals surface area contributed by atoms with Crippen molar-refractivity contribution in [1.82, 2.24) is 10.1 Å². The standard InChI is InChI=1S/C16H9F3N2O2/c17-16(18,19)13-7-5-12(6-8-13)15-20-14(21-23-15)11-3-1-10(9-22)2-4-11/h1-9H. The third-order valence-corrected chi connectivity index (χ3v) is 3.19. The first kappa shape index (κ1) is 15.0. The first-order chi connectivity index (χ1) is 11.0. The molecule has 4 nitrogen and oxygen atoms in total. The third-order valence-electron chi connectivity index (χ3n) is 3.19. The van der Waals surface area contributed by atoms with Crippen molar-refractivity contribution in [3.8, 4) is 22.8 Å². The van der Waals surface area contributed by atoms with Crippen molar-refractivity contribution in [2.24, 2.45) is 0 Å². The van der Waals surface area contributed by atoms with E-state index >= 15 is 0 Å². The van der Waals surface area contributed by atoms with Gasteiger partial charge in [0.25, 0.3) is 5.89 Å². The van der Waals surface area contributed by atoms with Crippen LogP contribution in [0.3, 0.4) is 0 Å². The lowest BCUT2D eigenvalue weighted by atomic mass is 10.1. The second kappa shape index (κ2) is 5.68. The molecule has 0 N–H and O–H groups in total. The zero-order valence-corrected chi connectivity index (χ0v) is 11.5. The summed E-state index contributed by atoms with van der Waals surface area (Å²) in [5, 5.41) is 3.79. The highest BCUT2D eigenvalue weighted by Gasteiger charge is 2.30. The number of rotatable bonds is 3. The molecule has 2 aromatic carbocycles. The summed E-state index contributed by atoms with van der Waals surface area (Å²) in [5.74, 6) is 0.408. The maximum Gasteiger partial charge on any atom is 0.416 e. The van der Waals surface area contributed by atoms with E-state index in [9.17, 15) is 18.0 Å². The molecule has 1 heterocycles. The molecule has 0 radical (unpaired) electrons. The number of carbonyl (C=O) groups excluding carboxylic acids is 1. The van der Waals surface area contributed by atoms with Gasteiger partial charge in [-0.1, -0.05) is 29.4 Å². The fraction of sp³-hybridized carbons (Fsp3) is 0.0625. The molecule has 7 heteroatoms. The van der Waals surface area contributed by atoms with Crippen molar-refractivity contribution in [3.05, 3.63) is 59.7 Å². The summed E-state index contributed by atoms with van der Waals surface area (Å²) in [6, 6.07) is 11.0. The monoisotopic (exact) mass is 318 g/mol. The van der Waals surface area contributed by atoms with Crippen molar-refractivity contribution in [2.45, 2.75) is 6.18 Å². The number of alkyl halides is 3. The van der Waals surface area contributed by atoms with Crippen LogP contribution < -0.4 is 0 Å². The van der Waals surface area contributed by atoms with E-state index in [1.807, 2.05) is 0 Å². The summed E-state index contributed by atoms with van der Waals surface area (Å²) in [5.41, 5.74) is 0.796. The Balaban J connectivity index is 1.87. The van der Waals surface area contributed by atoms with Crippen molar-refractivity contribution >= 4 is 6.29 Å². The fourth-order valence-corrected chi connectivity index (χ4v) is 1.97. The zero-order valence-electron chi connectivity index (χ0n) is 11.5. The number of carbonyl (C=O) groups is 1. The first-order valence-corrected chi connectivity index (χ1v) is 6.54. The van der Waals surface area contributed by atoms with Crippen LogP contribution in [-0.2, 0) is 6.18 Å². The van der Waals surface area contributed by atoms with E-state index in [0.717, 1.165) is 12.1 Å². The van der Waals surface area contributed by atoms with Crippen molar-refractivity contribution in [2.75, 3.05) is 0 Å². The summed E-state index contributed by atoms with van der Waals surface area (Å²) in [6.07, 6.45) is -3.67. The Hall–Kier alpha value is -2.96. The van der Waals surface area contributed by atoms with Gasteiger partial charge in [-0.3, -0.25) is 4.79 Å². The lowest BCUT2D eigenvalue weighted by Gasteiger charge is -2.05. The number of hydrogen-bond acceptors (Lipinski definition) is 4. The molecule has 0 aliphatic carbocycles. The number of aldehydes is 1. The molecule has 3 aromatic rings. The summed E-state index contributed by atoms with van der Waals surface area (Å²) >= 11 is 0. The van der Waals surface area contributed by atoms with Gasteiger partial charge in [0, 0.05) is 16.7 Å². The van der Waals surface area contributed by atoms with E-state index in [1.165, 1.54) is 12.1 Å². The van der Waals surface area contributed by atoms with Crippen LogP contribution in [-0.4, -0.2) is 16.4 Å². The van der Waals surface area contributed by atoms with Crippen LogP contribution in [0.4, 0.5) is 13.2 Å². The van der Waals surface area contributed by atoms with Crippen molar-refractivity contribution < 1.29 is 22.5 Å². The third kappa shape index (κ3) is 3.13. The Morgan fingerprint density at radius 2 is 1.52 bits per heavy atom. The highest BCUT2D eigenvalue weighted by molar-refractivity contribution is 5.76. The predicted octanol–water partition coefficient (Wildman–Crippen LogP) is 4.23. The quantitative estimate of drug-likeness (QED) is 0.678. The SMILES string of the molecule is O=Cc1ccc(-c2noc(-c3ccc(C(F)(F)F)cc3)n2)cc1. The normalized spacial score (nSPS) is 11.4. The molecular weight excluding hydrogens is 309 g/mol. The van der Waals surface area contributed by atoms with Crippen molar-refractivity contribution in [1.29, 1.82) is 0 Å². The minimum atomic E-state index is -4.39. The molecule has 0 fully saturated rings. The topological polar surface area (TPSA) is 56.0 Å². The largest absolute Gasteiger partial charge is 0.416 e. The molecule has 116 valence electrons. The van der Waals surface area contributed by atoms with Gasteiger partial charge in [-0.25, -0.2) is 0 Å².